The van der Waals surface area contributed by atoms with Crippen LogP contribution in [0.4, 0.5) is 0 Å². The number of hydrogen-bond donors (Lipinski definition) is 6. The lowest BCUT2D eigenvalue weighted by atomic mass is 9.43. The largest absolute Gasteiger partial charge is 0.393 e. The Labute approximate surface area is 248 Å². The molecule has 4 aliphatic carbocycles. The molecular weight excluding hydrogens is 518 g/mol. The van der Waals surface area contributed by atoms with Crippen LogP contribution in [0.15, 0.2) is 0 Å². The molecule has 0 heterocycles. The second-order valence-corrected chi connectivity index (χ2v) is 14.7. The van der Waals surface area contributed by atoms with E-state index in [4.69, 9.17) is 0 Å². The first-order chi connectivity index (χ1) is 19.5. The topological polar surface area (TPSA) is 131 Å². The molecule has 0 aromatic rings. The van der Waals surface area contributed by atoms with Gasteiger partial charge in [0.05, 0.1) is 18.3 Å². The molecule has 0 radical (unpaired) electrons. The lowest BCUT2D eigenvalue weighted by Crippen LogP contribution is -2.62. The molecule has 8 nitrogen and oxygen atoms in total. The number of aliphatic hydroxyl groups excluding tert-OH is 3. The Morgan fingerprint density at radius 1 is 0.878 bits per heavy atom. The van der Waals surface area contributed by atoms with Gasteiger partial charge in [-0.25, -0.2) is 0 Å². The number of unbranched alkanes of at least 4 members (excludes halogenated alkanes) is 1. The van der Waals surface area contributed by atoms with Crippen LogP contribution in [0, 0.1) is 46.3 Å². The van der Waals surface area contributed by atoms with E-state index in [1.165, 1.54) is 6.92 Å². The molecule has 11 atom stereocenters. The summed E-state index contributed by atoms with van der Waals surface area (Å²) in [6.07, 6.45) is 9.50. The molecule has 0 unspecified atom stereocenters. The molecule has 0 aromatic heterocycles. The Balaban J connectivity index is 1.21. The summed E-state index contributed by atoms with van der Waals surface area (Å²) in [7, 11) is 0. The van der Waals surface area contributed by atoms with Gasteiger partial charge in [-0.3, -0.25) is 9.59 Å². The highest BCUT2D eigenvalue weighted by Gasteiger charge is 2.65. The summed E-state index contributed by atoms with van der Waals surface area (Å²) in [6, 6.07) is 0. The third kappa shape index (κ3) is 7.13. The van der Waals surface area contributed by atoms with Crippen LogP contribution in [0.25, 0.3) is 0 Å². The van der Waals surface area contributed by atoms with Gasteiger partial charge in [0, 0.05) is 26.4 Å². The number of aliphatic hydroxyl groups is 3. The van der Waals surface area contributed by atoms with Crippen LogP contribution in [0.3, 0.4) is 0 Å². The summed E-state index contributed by atoms with van der Waals surface area (Å²) in [4.78, 5) is 23.5. The minimum Gasteiger partial charge on any atom is -0.393 e. The first-order valence-corrected chi connectivity index (χ1v) is 16.7. The zero-order valence-corrected chi connectivity index (χ0v) is 26.2. The van der Waals surface area contributed by atoms with Crippen LogP contribution < -0.4 is 16.0 Å². The maximum absolute atomic E-state index is 12.6. The SMILES string of the molecule is CC(=O)NCCCCNCCCNC(=O)CC[C@@H](C)[C@H]1CC[C@H]2[C@@H]3[C@H](O)C[C@@H]4C[C@H](O)CC[C@]4(C)[C@H]3C[C@H](O)[C@]12C. The van der Waals surface area contributed by atoms with E-state index in [-0.39, 0.29) is 46.9 Å². The summed E-state index contributed by atoms with van der Waals surface area (Å²) < 4.78 is 0. The lowest BCUT2D eigenvalue weighted by molar-refractivity contribution is -0.207. The van der Waals surface area contributed by atoms with E-state index in [0.29, 0.717) is 42.6 Å². The predicted molar refractivity (Wildman–Crippen MR) is 161 cm³/mol. The fraction of sp³-hybridized carbons (Fsp3) is 0.939. The number of hydrogen-bond acceptors (Lipinski definition) is 6. The summed E-state index contributed by atoms with van der Waals surface area (Å²) in [5.41, 5.74) is -0.125. The van der Waals surface area contributed by atoms with Gasteiger partial charge >= 0.3 is 0 Å². The van der Waals surface area contributed by atoms with E-state index in [9.17, 15) is 24.9 Å². The van der Waals surface area contributed by atoms with Gasteiger partial charge in [-0.05, 0) is 130 Å². The second kappa shape index (κ2) is 14.0. The van der Waals surface area contributed by atoms with Gasteiger partial charge in [-0.2, -0.15) is 0 Å². The molecule has 0 bridgehead atoms. The van der Waals surface area contributed by atoms with Crippen molar-refractivity contribution in [1.29, 1.82) is 0 Å². The summed E-state index contributed by atoms with van der Waals surface area (Å²) >= 11 is 0. The number of carbonyl (C=O) groups is 2. The fourth-order valence-corrected chi connectivity index (χ4v) is 9.99. The molecule has 6 N–H and O–H groups in total. The van der Waals surface area contributed by atoms with Gasteiger partial charge in [-0.1, -0.05) is 20.8 Å². The molecule has 236 valence electrons. The Morgan fingerprint density at radius 3 is 2.34 bits per heavy atom. The molecular formula is C33H59N3O5. The average molecular weight is 578 g/mol. The van der Waals surface area contributed by atoms with E-state index in [1.54, 1.807) is 0 Å². The number of carbonyl (C=O) groups excluding carboxylic acids is 2. The van der Waals surface area contributed by atoms with Gasteiger partial charge in [0.15, 0.2) is 0 Å². The highest BCUT2D eigenvalue weighted by Crippen LogP contribution is 2.68. The number of rotatable bonds is 13. The van der Waals surface area contributed by atoms with E-state index >= 15 is 0 Å². The molecule has 0 saturated heterocycles. The predicted octanol–water partition coefficient (Wildman–Crippen LogP) is 3.38. The van der Waals surface area contributed by atoms with E-state index in [2.05, 4.69) is 36.7 Å². The summed E-state index contributed by atoms with van der Waals surface area (Å²) in [5.74, 6) is 2.02. The van der Waals surface area contributed by atoms with Crippen LogP contribution in [-0.2, 0) is 9.59 Å². The van der Waals surface area contributed by atoms with E-state index < -0.39 is 0 Å². The van der Waals surface area contributed by atoms with Gasteiger partial charge in [0.2, 0.25) is 11.8 Å². The zero-order valence-electron chi connectivity index (χ0n) is 26.2. The highest BCUT2D eigenvalue weighted by molar-refractivity contribution is 5.75. The zero-order chi connectivity index (χ0) is 29.8. The second-order valence-electron chi connectivity index (χ2n) is 14.7. The van der Waals surface area contributed by atoms with Crippen molar-refractivity contribution < 1.29 is 24.9 Å². The van der Waals surface area contributed by atoms with Gasteiger partial charge in [0.25, 0.3) is 0 Å². The molecule has 4 aliphatic rings. The molecule has 2 amide bonds. The normalized spacial score (nSPS) is 40.7. The maximum Gasteiger partial charge on any atom is 0.220 e. The molecule has 4 fully saturated rings. The standard InChI is InChI=1S/C33H59N3O5/c1-21(8-11-30(41)36-17-7-15-34-14-5-6-16-35-22(2)37)25-9-10-26-31-27(20-29(40)33(25,26)4)32(3)13-12-24(38)18-23(32)19-28(31)39/h21,23-29,31,34,38-40H,5-20H2,1-4H3,(H,35,37)(H,36,41)/t21-,23+,24-,25-,26+,27+,28-,29+,31+,32+,33-/m1/s1. The average Bonchev–Trinajstić information content (AvgIpc) is 3.28. The molecule has 0 spiro atoms. The van der Waals surface area contributed by atoms with Crippen molar-refractivity contribution in [2.24, 2.45) is 46.3 Å². The molecule has 8 heteroatoms. The smallest absolute Gasteiger partial charge is 0.220 e. The fourth-order valence-electron chi connectivity index (χ4n) is 9.99. The maximum atomic E-state index is 12.6. The van der Waals surface area contributed by atoms with Crippen molar-refractivity contribution in [2.75, 3.05) is 26.2 Å². The van der Waals surface area contributed by atoms with Crippen LogP contribution in [-0.4, -0.2) is 71.6 Å². The monoisotopic (exact) mass is 577 g/mol. The molecule has 4 rings (SSSR count). The van der Waals surface area contributed by atoms with Crippen LogP contribution >= 0.6 is 0 Å². The van der Waals surface area contributed by atoms with Gasteiger partial charge in [-0.15, -0.1) is 0 Å². The highest BCUT2D eigenvalue weighted by atomic mass is 16.3. The van der Waals surface area contributed by atoms with Gasteiger partial charge < -0.3 is 31.3 Å². The van der Waals surface area contributed by atoms with Gasteiger partial charge in [0.1, 0.15) is 0 Å². The van der Waals surface area contributed by atoms with Crippen molar-refractivity contribution in [3.8, 4) is 0 Å². The first kappa shape index (κ1) is 32.7. The third-order valence-corrected chi connectivity index (χ3v) is 12.4. The third-order valence-electron chi connectivity index (χ3n) is 12.4. The quantitative estimate of drug-likeness (QED) is 0.186. The lowest BCUT2D eigenvalue weighted by Gasteiger charge is -2.63. The summed E-state index contributed by atoms with van der Waals surface area (Å²) in [5, 5.41) is 42.8. The number of nitrogens with one attached hydrogen (secondary N) is 3. The number of fused-ring (bicyclic) bond motifs is 5. The van der Waals surface area contributed by atoms with Crippen molar-refractivity contribution in [2.45, 2.75) is 123 Å². The minimum atomic E-state index is -0.384. The van der Waals surface area contributed by atoms with Crippen LogP contribution in [0.2, 0.25) is 0 Å². The number of amides is 2. The van der Waals surface area contributed by atoms with Crippen LogP contribution in [0.1, 0.15) is 105 Å². The summed E-state index contributed by atoms with van der Waals surface area (Å²) in [6.45, 7) is 11.6. The first-order valence-electron chi connectivity index (χ1n) is 16.7. The van der Waals surface area contributed by atoms with Crippen molar-refractivity contribution in [3.63, 3.8) is 0 Å². The Bertz CT molecular complexity index is 887. The van der Waals surface area contributed by atoms with E-state index in [1.807, 2.05) is 0 Å². The Kier molecular flexibility index (Phi) is 11.2. The molecule has 4 saturated carbocycles. The van der Waals surface area contributed by atoms with Crippen LogP contribution in [0.5, 0.6) is 0 Å². The minimum absolute atomic E-state index is 0.0168. The van der Waals surface area contributed by atoms with Crippen molar-refractivity contribution in [3.05, 3.63) is 0 Å². The van der Waals surface area contributed by atoms with Crippen molar-refractivity contribution in [1.82, 2.24) is 16.0 Å². The Hall–Kier alpha value is -1.22. The molecule has 0 aliphatic heterocycles. The Morgan fingerprint density at radius 2 is 1.59 bits per heavy atom. The van der Waals surface area contributed by atoms with Crippen molar-refractivity contribution >= 4 is 11.8 Å². The van der Waals surface area contributed by atoms with E-state index in [0.717, 1.165) is 90.3 Å². The molecule has 41 heavy (non-hydrogen) atoms. The molecule has 0 aromatic carbocycles.